The van der Waals surface area contributed by atoms with Crippen LogP contribution in [0.3, 0.4) is 0 Å². The third-order valence-electron chi connectivity index (χ3n) is 3.16. The second-order valence-corrected chi connectivity index (χ2v) is 6.40. The van der Waals surface area contributed by atoms with E-state index in [-0.39, 0.29) is 4.90 Å². The summed E-state index contributed by atoms with van der Waals surface area (Å²) in [7, 11) is -4.02. The average Bonchev–Trinajstić information content (AvgIpc) is 2.60. The monoisotopic (exact) mass is 355 g/mol. The Bertz CT molecular complexity index is 1180. The topological polar surface area (TPSA) is 138 Å². The molecule has 0 amide bonds. The molecule has 9 nitrogen and oxygen atoms in total. The van der Waals surface area contributed by atoms with Crippen LogP contribution in [0.2, 0.25) is 0 Å². The van der Waals surface area contributed by atoms with Gasteiger partial charge in [0.2, 0.25) is 0 Å². The van der Waals surface area contributed by atoms with Crippen LogP contribution in [0.1, 0.15) is 0 Å². The predicted octanol–water partition coefficient (Wildman–Crippen LogP) is 4.21. The maximum absolute atomic E-state index is 11.6. The SMILES string of the molecule is [N-]=[N+]=NS(=O)(=O)c1ccc(N=Nc2ccc3oc(=O)ccc3c2)cc1. The summed E-state index contributed by atoms with van der Waals surface area (Å²) in [5.41, 5.74) is 9.20. The van der Waals surface area contributed by atoms with Gasteiger partial charge in [0.1, 0.15) is 5.58 Å². The van der Waals surface area contributed by atoms with Crippen molar-refractivity contribution in [3.8, 4) is 0 Å². The van der Waals surface area contributed by atoms with E-state index in [2.05, 4.69) is 19.7 Å². The van der Waals surface area contributed by atoms with Crippen molar-refractivity contribution in [1.82, 2.24) is 0 Å². The fourth-order valence-corrected chi connectivity index (χ4v) is 2.69. The molecule has 10 heteroatoms. The van der Waals surface area contributed by atoms with Gasteiger partial charge in [0.05, 0.1) is 16.3 Å². The minimum atomic E-state index is -4.02. The molecule has 1 aromatic heterocycles. The number of nitrogens with zero attached hydrogens (tertiary/aromatic N) is 5. The van der Waals surface area contributed by atoms with Crippen molar-refractivity contribution in [2.45, 2.75) is 4.90 Å². The van der Waals surface area contributed by atoms with E-state index in [1.54, 1.807) is 24.3 Å². The number of fused-ring (bicyclic) bond motifs is 1. The first-order chi connectivity index (χ1) is 12.0. The summed E-state index contributed by atoms with van der Waals surface area (Å²) in [4.78, 5) is 13.3. The summed E-state index contributed by atoms with van der Waals surface area (Å²) >= 11 is 0. The Morgan fingerprint density at radius 2 is 1.60 bits per heavy atom. The van der Waals surface area contributed by atoms with E-state index >= 15 is 0 Å². The van der Waals surface area contributed by atoms with Gasteiger partial charge in [-0.15, -0.1) is 0 Å². The lowest BCUT2D eigenvalue weighted by atomic mass is 10.2. The van der Waals surface area contributed by atoms with Crippen LogP contribution in [0.4, 0.5) is 11.4 Å². The van der Waals surface area contributed by atoms with Crippen molar-refractivity contribution >= 4 is 32.4 Å². The van der Waals surface area contributed by atoms with Crippen molar-refractivity contribution < 1.29 is 12.8 Å². The fraction of sp³-hybridized carbons (Fsp3) is 0. The Morgan fingerprint density at radius 1 is 0.920 bits per heavy atom. The molecule has 0 fully saturated rings. The highest BCUT2D eigenvalue weighted by Gasteiger charge is 2.11. The van der Waals surface area contributed by atoms with Crippen LogP contribution in [0.25, 0.3) is 21.4 Å². The molecule has 0 aliphatic carbocycles. The lowest BCUT2D eigenvalue weighted by Gasteiger charge is -1.98. The number of hydrogen-bond donors (Lipinski definition) is 0. The molecule has 0 saturated heterocycles. The minimum absolute atomic E-state index is 0.134. The van der Waals surface area contributed by atoms with Gasteiger partial charge in [0, 0.05) is 20.9 Å². The maximum Gasteiger partial charge on any atom is 0.336 e. The molecule has 3 aromatic rings. The normalized spacial score (nSPS) is 11.5. The molecule has 0 aliphatic heterocycles. The second-order valence-electron chi connectivity index (χ2n) is 4.82. The van der Waals surface area contributed by atoms with E-state index in [0.29, 0.717) is 22.3 Å². The lowest BCUT2D eigenvalue weighted by Crippen LogP contribution is -1.93. The number of rotatable bonds is 4. The quantitative estimate of drug-likeness (QED) is 0.299. The minimum Gasteiger partial charge on any atom is -0.423 e. The van der Waals surface area contributed by atoms with Gasteiger partial charge < -0.3 is 4.42 Å². The van der Waals surface area contributed by atoms with Crippen molar-refractivity contribution in [2.75, 3.05) is 0 Å². The fourth-order valence-electron chi connectivity index (χ4n) is 2.02. The van der Waals surface area contributed by atoms with Crippen molar-refractivity contribution in [1.29, 1.82) is 0 Å². The van der Waals surface area contributed by atoms with Crippen LogP contribution in [-0.4, -0.2) is 8.42 Å². The zero-order valence-electron chi connectivity index (χ0n) is 12.5. The average molecular weight is 355 g/mol. The number of sulfonamides is 1. The summed E-state index contributed by atoms with van der Waals surface area (Å²) in [6.07, 6.45) is 0. The van der Waals surface area contributed by atoms with E-state index in [4.69, 9.17) is 9.95 Å². The Hall–Kier alpha value is -3.49. The van der Waals surface area contributed by atoms with Crippen LogP contribution >= 0.6 is 0 Å². The molecule has 124 valence electrons. The number of benzene rings is 2. The molecular weight excluding hydrogens is 346 g/mol. The van der Waals surface area contributed by atoms with Gasteiger partial charge in [-0.2, -0.15) is 10.2 Å². The highest BCUT2D eigenvalue weighted by molar-refractivity contribution is 7.90. The van der Waals surface area contributed by atoms with E-state index in [0.717, 1.165) is 0 Å². The van der Waals surface area contributed by atoms with Gasteiger partial charge in [-0.25, -0.2) is 13.2 Å². The third kappa shape index (κ3) is 3.71. The third-order valence-corrected chi connectivity index (χ3v) is 4.32. The van der Waals surface area contributed by atoms with Gasteiger partial charge >= 0.3 is 5.63 Å². The molecule has 0 bridgehead atoms. The van der Waals surface area contributed by atoms with Crippen LogP contribution in [-0.2, 0) is 10.0 Å². The van der Waals surface area contributed by atoms with Gasteiger partial charge in [0.15, 0.2) is 0 Å². The van der Waals surface area contributed by atoms with E-state index in [1.165, 1.54) is 30.3 Å². The summed E-state index contributed by atoms with van der Waals surface area (Å²) in [6.45, 7) is 0. The Balaban J connectivity index is 1.86. The molecule has 0 unspecified atom stereocenters. The smallest absolute Gasteiger partial charge is 0.336 e. The molecule has 3 rings (SSSR count). The standard InChI is InChI=1S/C15H9N5O4S/c16-19-20-25(22,23)13-5-2-11(3-6-13)17-18-12-4-7-14-10(9-12)1-8-15(21)24-14/h1-9H. The van der Waals surface area contributed by atoms with Crippen LogP contribution in [0.15, 0.2) is 83.5 Å². The number of azo groups is 1. The van der Waals surface area contributed by atoms with Crippen LogP contribution in [0, 0.1) is 0 Å². The summed E-state index contributed by atoms with van der Waals surface area (Å²) in [5, 5.41) is 8.76. The van der Waals surface area contributed by atoms with Gasteiger partial charge in [-0.3, -0.25) is 0 Å². The lowest BCUT2D eigenvalue weighted by molar-refractivity contribution is 0.561. The summed E-state index contributed by atoms with van der Waals surface area (Å²) in [6, 6.07) is 13.3. The highest BCUT2D eigenvalue weighted by Crippen LogP contribution is 2.23. The molecular formula is C15H9N5O4S. The van der Waals surface area contributed by atoms with Crippen molar-refractivity contribution in [2.24, 2.45) is 14.7 Å². The molecule has 0 radical (unpaired) electrons. The molecule has 0 atom stereocenters. The summed E-state index contributed by atoms with van der Waals surface area (Å²) < 4.78 is 30.9. The Labute approximate surface area is 140 Å². The predicted molar refractivity (Wildman–Crippen MR) is 89.4 cm³/mol. The van der Waals surface area contributed by atoms with Gasteiger partial charge in [-0.1, -0.05) is 0 Å². The molecule has 0 saturated carbocycles. The van der Waals surface area contributed by atoms with E-state index in [9.17, 15) is 13.2 Å². The number of hydrogen-bond acceptors (Lipinski definition) is 6. The molecule has 0 spiro atoms. The van der Waals surface area contributed by atoms with Gasteiger partial charge in [-0.05, 0) is 54.1 Å². The maximum atomic E-state index is 11.6. The first-order valence-electron chi connectivity index (χ1n) is 6.85. The molecule has 1 heterocycles. The van der Waals surface area contributed by atoms with Crippen LogP contribution < -0.4 is 5.63 Å². The Morgan fingerprint density at radius 3 is 2.32 bits per heavy atom. The van der Waals surface area contributed by atoms with Crippen LogP contribution in [0.5, 0.6) is 0 Å². The molecule has 0 N–H and O–H groups in total. The summed E-state index contributed by atoms with van der Waals surface area (Å²) in [5.74, 6) is 0. The van der Waals surface area contributed by atoms with E-state index in [1.807, 2.05) is 0 Å². The largest absolute Gasteiger partial charge is 0.423 e. The van der Waals surface area contributed by atoms with E-state index < -0.39 is 15.6 Å². The number of azide groups is 1. The highest BCUT2D eigenvalue weighted by atomic mass is 32.2. The zero-order chi connectivity index (χ0) is 17.9. The van der Waals surface area contributed by atoms with Gasteiger partial charge in [0.25, 0.3) is 10.0 Å². The first-order valence-corrected chi connectivity index (χ1v) is 8.29. The molecule has 25 heavy (non-hydrogen) atoms. The first kappa shape index (κ1) is 16.4. The Kier molecular flexibility index (Phi) is 4.29. The molecule has 0 aliphatic rings. The second kappa shape index (κ2) is 6.56. The van der Waals surface area contributed by atoms with Crippen molar-refractivity contribution in [3.05, 3.63) is 75.5 Å². The zero-order valence-corrected chi connectivity index (χ0v) is 13.3. The molecule has 2 aromatic carbocycles. The van der Waals surface area contributed by atoms with Crippen molar-refractivity contribution in [3.63, 3.8) is 0 Å².